The molecule has 0 atom stereocenters. The van der Waals surface area contributed by atoms with Gasteiger partial charge in [0.2, 0.25) is 5.91 Å². The Bertz CT molecular complexity index is 2200. The molecule has 2 aliphatic rings. The van der Waals surface area contributed by atoms with Crippen LogP contribution in [0.2, 0.25) is 0 Å². The van der Waals surface area contributed by atoms with Gasteiger partial charge in [-0.2, -0.15) is 0 Å². The summed E-state index contributed by atoms with van der Waals surface area (Å²) in [6, 6.07) is 17.5. The Hall–Kier alpha value is -5.82. The van der Waals surface area contributed by atoms with E-state index in [2.05, 4.69) is 45.8 Å². The van der Waals surface area contributed by atoms with Gasteiger partial charge in [-0.1, -0.05) is 43.0 Å². The first-order valence-corrected chi connectivity index (χ1v) is 17.2. The van der Waals surface area contributed by atoms with Crippen molar-refractivity contribution in [2.45, 2.75) is 59.7 Å². The molecule has 0 unspecified atom stereocenters. The lowest BCUT2D eigenvalue weighted by Crippen LogP contribution is -2.37. The maximum absolute atomic E-state index is 12.8. The molecule has 50 heavy (non-hydrogen) atoms. The molecule has 0 saturated heterocycles. The van der Waals surface area contributed by atoms with Gasteiger partial charge >= 0.3 is 0 Å². The van der Waals surface area contributed by atoms with Crippen molar-refractivity contribution in [3.63, 3.8) is 0 Å². The Morgan fingerprint density at radius 1 is 0.980 bits per heavy atom. The van der Waals surface area contributed by atoms with E-state index in [-0.39, 0.29) is 19.1 Å². The summed E-state index contributed by atoms with van der Waals surface area (Å²) in [7, 11) is 0. The van der Waals surface area contributed by atoms with Crippen LogP contribution >= 0.6 is 0 Å². The first kappa shape index (κ1) is 32.7. The van der Waals surface area contributed by atoms with Gasteiger partial charge in [-0.05, 0) is 54.6 Å². The third-order valence-corrected chi connectivity index (χ3v) is 9.57. The van der Waals surface area contributed by atoms with Crippen molar-refractivity contribution in [1.82, 2.24) is 34.6 Å². The van der Waals surface area contributed by atoms with Crippen molar-refractivity contribution >= 4 is 28.5 Å². The van der Waals surface area contributed by atoms with E-state index in [0.29, 0.717) is 51.3 Å². The van der Waals surface area contributed by atoms with Crippen molar-refractivity contribution in [2.24, 2.45) is 0 Å². The second-order valence-electron chi connectivity index (χ2n) is 12.6. The maximum Gasteiger partial charge on any atom is 0.269 e. The van der Waals surface area contributed by atoms with Crippen LogP contribution in [0.3, 0.4) is 0 Å². The van der Waals surface area contributed by atoms with Crippen LogP contribution in [0.4, 0.5) is 0 Å². The van der Waals surface area contributed by atoms with Crippen molar-refractivity contribution in [3.05, 3.63) is 101 Å². The molecule has 5 aromatic rings. The minimum absolute atomic E-state index is 0. The number of carbonyl (C=O) groups is 3. The molecule has 10 nitrogen and oxygen atoms in total. The lowest BCUT2D eigenvalue weighted by Gasteiger charge is -2.28. The highest BCUT2D eigenvalue weighted by Crippen LogP contribution is 2.34. The fourth-order valence-corrected chi connectivity index (χ4v) is 6.80. The Morgan fingerprint density at radius 3 is 2.60 bits per heavy atom. The number of aromatic nitrogens is 4. The van der Waals surface area contributed by atoms with Crippen molar-refractivity contribution in [3.8, 4) is 34.4 Å². The maximum atomic E-state index is 12.8. The van der Waals surface area contributed by atoms with Crippen molar-refractivity contribution < 1.29 is 15.8 Å². The number of hydrogen-bond donors (Lipinski definition) is 1. The number of imidazole rings is 1. The SMILES string of the molecule is CCc1nc(-c2cccc3cc(-c4ccc(C(=O)NCCCC#Cc5cccc6c5CN(CC)C6=O)nc4)ncc23)c2n1CCN(C(C)=O)C2.[HH]. The van der Waals surface area contributed by atoms with E-state index in [1.54, 1.807) is 19.2 Å². The number of benzene rings is 2. The van der Waals surface area contributed by atoms with Gasteiger partial charge in [0.15, 0.2) is 0 Å². The number of pyridine rings is 2. The lowest BCUT2D eigenvalue weighted by molar-refractivity contribution is -0.130. The third kappa shape index (κ3) is 6.23. The second kappa shape index (κ2) is 14.0. The topological polar surface area (TPSA) is 113 Å². The highest BCUT2D eigenvalue weighted by molar-refractivity contribution is 5.99. The van der Waals surface area contributed by atoms with Gasteiger partial charge in [0.1, 0.15) is 11.5 Å². The molecule has 0 saturated carbocycles. The summed E-state index contributed by atoms with van der Waals surface area (Å²) in [6.45, 7) is 9.44. The van der Waals surface area contributed by atoms with E-state index in [4.69, 9.17) is 9.97 Å². The number of aryl methyl sites for hydroxylation is 1. The highest BCUT2D eigenvalue weighted by atomic mass is 16.2. The van der Waals surface area contributed by atoms with Crippen LogP contribution < -0.4 is 5.32 Å². The van der Waals surface area contributed by atoms with Crippen LogP contribution in [0.25, 0.3) is 33.3 Å². The number of nitrogens with one attached hydrogen (secondary N) is 1. The zero-order valence-electron chi connectivity index (χ0n) is 28.6. The second-order valence-corrected chi connectivity index (χ2v) is 12.6. The van der Waals surface area contributed by atoms with E-state index in [1.807, 2.05) is 59.3 Å². The zero-order valence-corrected chi connectivity index (χ0v) is 28.6. The summed E-state index contributed by atoms with van der Waals surface area (Å²) >= 11 is 0. The molecule has 0 bridgehead atoms. The van der Waals surface area contributed by atoms with E-state index < -0.39 is 0 Å². The minimum atomic E-state index is -0.238. The summed E-state index contributed by atoms with van der Waals surface area (Å²) in [5.74, 6) is 7.34. The molecule has 0 aliphatic carbocycles. The largest absolute Gasteiger partial charge is 0.351 e. The zero-order chi connectivity index (χ0) is 34.8. The number of fused-ring (bicyclic) bond motifs is 3. The summed E-state index contributed by atoms with van der Waals surface area (Å²) in [6.07, 6.45) is 5.69. The third-order valence-electron chi connectivity index (χ3n) is 9.57. The van der Waals surface area contributed by atoms with Gasteiger partial charge in [-0.3, -0.25) is 24.4 Å². The van der Waals surface area contributed by atoms with E-state index in [1.165, 1.54) is 0 Å². The number of unbranched alkanes of at least 4 members (excludes halogenated alkanes) is 1. The Morgan fingerprint density at radius 2 is 1.82 bits per heavy atom. The molecule has 3 amide bonds. The average molecular weight is 668 g/mol. The van der Waals surface area contributed by atoms with Crippen molar-refractivity contribution in [1.29, 1.82) is 0 Å². The number of carbonyl (C=O) groups excluding carboxylic acids is 3. The van der Waals surface area contributed by atoms with Crippen LogP contribution in [0.1, 0.15) is 78.5 Å². The summed E-state index contributed by atoms with van der Waals surface area (Å²) in [4.78, 5) is 55.4. The molecule has 0 spiro atoms. The average Bonchev–Trinajstić information content (AvgIpc) is 3.69. The quantitative estimate of drug-likeness (QED) is 0.164. The predicted molar refractivity (Wildman–Crippen MR) is 194 cm³/mol. The van der Waals surface area contributed by atoms with Gasteiger partial charge in [-0.15, -0.1) is 0 Å². The molecule has 0 fully saturated rings. The van der Waals surface area contributed by atoms with E-state index in [0.717, 1.165) is 74.5 Å². The van der Waals surface area contributed by atoms with Crippen LogP contribution in [-0.2, 0) is 30.8 Å². The minimum Gasteiger partial charge on any atom is -0.351 e. The fraction of sp³-hybridized carbons (Fsp3) is 0.300. The first-order chi connectivity index (χ1) is 24.4. The normalized spacial score (nSPS) is 13.5. The van der Waals surface area contributed by atoms with Gasteiger partial charge in [0.25, 0.3) is 11.8 Å². The van der Waals surface area contributed by atoms with E-state index >= 15 is 0 Å². The molecule has 254 valence electrons. The molecule has 5 heterocycles. The lowest BCUT2D eigenvalue weighted by atomic mass is 10.0. The molecule has 0 radical (unpaired) electrons. The predicted octanol–water partition coefficient (Wildman–Crippen LogP) is 5.87. The molecule has 10 heteroatoms. The molecular formula is C40H41N7O3. The molecule has 2 aliphatic heterocycles. The first-order valence-electron chi connectivity index (χ1n) is 17.2. The fourth-order valence-electron chi connectivity index (χ4n) is 6.80. The molecular weight excluding hydrogens is 626 g/mol. The Labute approximate surface area is 293 Å². The summed E-state index contributed by atoms with van der Waals surface area (Å²) < 4.78 is 2.26. The number of rotatable bonds is 8. The highest BCUT2D eigenvalue weighted by Gasteiger charge is 2.28. The monoisotopic (exact) mass is 667 g/mol. The molecule has 1 N–H and O–H groups in total. The van der Waals surface area contributed by atoms with Crippen LogP contribution in [-0.4, -0.2) is 66.7 Å². The van der Waals surface area contributed by atoms with Gasteiger partial charge in [0.05, 0.1) is 23.6 Å². The smallest absolute Gasteiger partial charge is 0.269 e. The molecule has 7 rings (SSSR count). The number of nitrogens with zero attached hydrogens (tertiary/aromatic N) is 6. The van der Waals surface area contributed by atoms with Crippen LogP contribution in [0.15, 0.2) is 67.0 Å². The Kier molecular flexibility index (Phi) is 9.13. The van der Waals surface area contributed by atoms with Crippen LogP contribution in [0, 0.1) is 11.8 Å². The number of hydrogen-bond acceptors (Lipinski definition) is 6. The van der Waals surface area contributed by atoms with Gasteiger partial charge < -0.3 is 19.7 Å². The summed E-state index contributed by atoms with van der Waals surface area (Å²) in [5.41, 5.74) is 7.50. The van der Waals surface area contributed by atoms with Crippen molar-refractivity contribution in [2.75, 3.05) is 19.6 Å². The molecule has 3 aromatic heterocycles. The van der Waals surface area contributed by atoms with E-state index in [9.17, 15) is 14.4 Å². The summed E-state index contributed by atoms with van der Waals surface area (Å²) in [5, 5.41) is 4.94. The number of amides is 3. The molecule has 2 aromatic carbocycles. The Balaban J connectivity index is 0.00000448. The van der Waals surface area contributed by atoms with Gasteiger partial charge in [-0.25, -0.2) is 4.98 Å². The van der Waals surface area contributed by atoms with Crippen LogP contribution in [0.5, 0.6) is 0 Å². The van der Waals surface area contributed by atoms with Gasteiger partial charge in [0, 0.05) is 93.9 Å². The standard InChI is InChI=1S/C40H39N7O3.H2/c1-4-37-44-38(36-25-46(26(3)48)19-20-47(36)37)30-14-10-13-28-21-35(43-23-32(28)30)29-16-17-34(42-22-29)39(49)41-18-8-6-7-11-27-12-9-15-31-33(27)24-45(5-2)40(31)50;/h9-10,12-17,21-23H,4-6,8,18-20,24-25H2,1-3H3,(H,41,49);1H.